The first-order valence-corrected chi connectivity index (χ1v) is 11.8. The van der Waals surface area contributed by atoms with E-state index >= 15 is 0 Å². The summed E-state index contributed by atoms with van der Waals surface area (Å²) in [5, 5.41) is 3.87. The monoisotopic (exact) mass is 445 g/mol. The van der Waals surface area contributed by atoms with Crippen LogP contribution < -0.4 is 10.1 Å². The maximum absolute atomic E-state index is 12.9. The first-order valence-electron chi connectivity index (χ1n) is 9.54. The van der Waals surface area contributed by atoms with E-state index in [1.165, 1.54) is 15.6 Å². The van der Waals surface area contributed by atoms with Gasteiger partial charge in [-0.15, -0.1) is 0 Å². The van der Waals surface area contributed by atoms with Crippen molar-refractivity contribution in [1.29, 1.82) is 0 Å². The van der Waals surface area contributed by atoms with Crippen molar-refractivity contribution in [3.05, 3.63) is 36.7 Å². The molecule has 2 aromatic carbocycles. The van der Waals surface area contributed by atoms with Gasteiger partial charge in [0.05, 0.1) is 34.2 Å². The van der Waals surface area contributed by atoms with Gasteiger partial charge in [-0.2, -0.15) is 4.31 Å². The van der Waals surface area contributed by atoms with E-state index in [1.807, 2.05) is 37.6 Å². The van der Waals surface area contributed by atoms with Gasteiger partial charge < -0.3 is 14.6 Å². The topological polar surface area (TPSA) is 89.3 Å². The Morgan fingerprint density at radius 1 is 1.17 bits per heavy atom. The average Bonchev–Trinajstić information content (AvgIpc) is 3.31. The van der Waals surface area contributed by atoms with E-state index in [1.54, 1.807) is 31.6 Å². The highest BCUT2D eigenvalue weighted by Gasteiger charge is 2.23. The molecule has 8 nitrogen and oxygen atoms in total. The van der Waals surface area contributed by atoms with E-state index in [0.29, 0.717) is 29.7 Å². The van der Waals surface area contributed by atoms with Crippen LogP contribution in [-0.4, -0.2) is 47.5 Å². The molecule has 1 N–H and O–H groups in total. The van der Waals surface area contributed by atoms with E-state index in [9.17, 15) is 8.42 Å². The van der Waals surface area contributed by atoms with Crippen molar-refractivity contribution < 1.29 is 13.2 Å². The minimum absolute atomic E-state index is 0.211. The lowest BCUT2D eigenvalue weighted by atomic mass is 10.3. The highest BCUT2D eigenvalue weighted by Crippen LogP contribution is 2.36. The highest BCUT2D eigenvalue weighted by molar-refractivity contribution is 7.89. The fraction of sp³-hybridized carbons (Fsp3) is 0.300. The molecule has 0 aliphatic heterocycles. The number of aromatic nitrogens is 3. The lowest BCUT2D eigenvalue weighted by Crippen LogP contribution is -2.30. The predicted molar refractivity (Wildman–Crippen MR) is 120 cm³/mol. The molecule has 0 unspecified atom stereocenters. The van der Waals surface area contributed by atoms with Gasteiger partial charge in [0, 0.05) is 20.1 Å². The summed E-state index contributed by atoms with van der Waals surface area (Å²) in [4.78, 5) is 9.37. The van der Waals surface area contributed by atoms with Gasteiger partial charge in [-0.25, -0.2) is 18.4 Å². The van der Waals surface area contributed by atoms with E-state index < -0.39 is 10.0 Å². The third-order valence-electron chi connectivity index (χ3n) is 5.01. The number of nitrogens with zero attached hydrogens (tertiary/aromatic N) is 4. The maximum atomic E-state index is 12.9. The quantitative estimate of drug-likeness (QED) is 0.463. The number of hydrogen-bond acceptors (Lipinski definition) is 7. The molecule has 0 saturated carbocycles. The van der Waals surface area contributed by atoms with Gasteiger partial charge in [-0.05, 0) is 30.3 Å². The van der Waals surface area contributed by atoms with Gasteiger partial charge in [0.15, 0.2) is 5.13 Å². The number of fused-ring (bicyclic) bond motifs is 3. The Labute approximate surface area is 179 Å². The summed E-state index contributed by atoms with van der Waals surface area (Å²) < 4.78 is 35.7. The summed E-state index contributed by atoms with van der Waals surface area (Å²) in [6.45, 7) is 4.46. The zero-order valence-corrected chi connectivity index (χ0v) is 18.8. The van der Waals surface area contributed by atoms with Crippen molar-refractivity contribution in [3.63, 3.8) is 0 Å². The number of sulfonamides is 1. The van der Waals surface area contributed by atoms with Gasteiger partial charge in [0.2, 0.25) is 10.0 Å². The minimum atomic E-state index is -3.58. The average molecular weight is 446 g/mol. The largest absolute Gasteiger partial charge is 0.495 e. The van der Waals surface area contributed by atoms with Gasteiger partial charge in [-0.3, -0.25) is 0 Å². The van der Waals surface area contributed by atoms with Crippen LogP contribution in [0.25, 0.3) is 21.3 Å². The fourth-order valence-electron chi connectivity index (χ4n) is 3.41. The molecule has 0 radical (unpaired) electrons. The van der Waals surface area contributed by atoms with Crippen molar-refractivity contribution >= 4 is 53.4 Å². The van der Waals surface area contributed by atoms with Crippen molar-refractivity contribution in [2.45, 2.75) is 18.7 Å². The first kappa shape index (κ1) is 20.6. The van der Waals surface area contributed by atoms with Crippen LogP contribution in [0.1, 0.15) is 13.8 Å². The number of imidazole rings is 1. The molecule has 30 heavy (non-hydrogen) atoms. The number of anilines is 2. The zero-order chi connectivity index (χ0) is 21.5. The number of thiazole rings is 1. The van der Waals surface area contributed by atoms with Crippen LogP contribution in [0.2, 0.25) is 0 Å². The van der Waals surface area contributed by atoms with Crippen LogP contribution in [0.3, 0.4) is 0 Å². The number of hydrogen-bond donors (Lipinski definition) is 1. The van der Waals surface area contributed by atoms with Crippen LogP contribution in [0.5, 0.6) is 5.75 Å². The molecule has 10 heteroatoms. The molecule has 2 heterocycles. The van der Waals surface area contributed by atoms with Crippen molar-refractivity contribution in [2.24, 2.45) is 7.05 Å². The number of ether oxygens (including phenoxy) is 1. The second-order valence-corrected chi connectivity index (χ2v) is 9.70. The molecule has 0 amide bonds. The summed E-state index contributed by atoms with van der Waals surface area (Å²) in [6.07, 6.45) is 1.77. The minimum Gasteiger partial charge on any atom is -0.495 e. The Balaban J connectivity index is 1.76. The van der Waals surface area contributed by atoms with Crippen LogP contribution >= 0.6 is 11.3 Å². The molecule has 0 spiro atoms. The molecule has 0 aliphatic rings. The first-order chi connectivity index (χ1) is 14.4. The second kappa shape index (κ2) is 7.86. The molecule has 0 bridgehead atoms. The molecular formula is C20H23N5O3S2. The number of benzene rings is 2. The Morgan fingerprint density at radius 2 is 1.93 bits per heavy atom. The Morgan fingerprint density at radius 3 is 2.63 bits per heavy atom. The molecule has 0 atom stereocenters. The molecule has 0 saturated heterocycles. The summed E-state index contributed by atoms with van der Waals surface area (Å²) in [5.41, 5.74) is 3.20. The van der Waals surface area contributed by atoms with Gasteiger partial charge in [-0.1, -0.05) is 25.2 Å². The standard InChI is InChI=1S/C20H23N5O3S2/c1-5-25(6-2)30(26,27)13-7-9-16(28-4)14(11-13)22-20-23-19-17(29-20)10-8-15-18(19)21-12-24(15)3/h7-12H,5-6H2,1-4H3,(H,22,23). The molecule has 0 aliphatic carbocycles. The number of rotatable bonds is 7. The summed E-state index contributed by atoms with van der Waals surface area (Å²) in [6, 6.07) is 8.84. The van der Waals surface area contributed by atoms with Crippen LogP contribution in [0.15, 0.2) is 41.6 Å². The molecule has 4 rings (SSSR count). The van der Waals surface area contributed by atoms with Crippen molar-refractivity contribution in [1.82, 2.24) is 18.8 Å². The van der Waals surface area contributed by atoms with Gasteiger partial charge >= 0.3 is 0 Å². The molecular weight excluding hydrogens is 422 g/mol. The van der Waals surface area contributed by atoms with E-state index in [2.05, 4.69) is 10.3 Å². The number of methoxy groups -OCH3 is 1. The lowest BCUT2D eigenvalue weighted by molar-refractivity contribution is 0.416. The second-order valence-electron chi connectivity index (χ2n) is 6.73. The van der Waals surface area contributed by atoms with E-state index in [-0.39, 0.29) is 4.90 Å². The number of aryl methyl sites for hydroxylation is 1. The predicted octanol–water partition coefficient (Wildman–Crippen LogP) is 3.97. The smallest absolute Gasteiger partial charge is 0.243 e. The summed E-state index contributed by atoms with van der Waals surface area (Å²) >= 11 is 1.48. The zero-order valence-electron chi connectivity index (χ0n) is 17.2. The summed E-state index contributed by atoms with van der Waals surface area (Å²) in [5.74, 6) is 0.538. The van der Waals surface area contributed by atoms with Crippen LogP contribution in [0.4, 0.5) is 10.8 Å². The van der Waals surface area contributed by atoms with Crippen LogP contribution in [0, 0.1) is 0 Å². The maximum Gasteiger partial charge on any atom is 0.243 e. The third-order valence-corrected chi connectivity index (χ3v) is 7.99. The third kappa shape index (κ3) is 3.40. The van der Waals surface area contributed by atoms with E-state index in [0.717, 1.165) is 21.3 Å². The van der Waals surface area contributed by atoms with Crippen molar-refractivity contribution in [3.8, 4) is 5.75 Å². The van der Waals surface area contributed by atoms with Gasteiger partial charge in [0.25, 0.3) is 0 Å². The fourth-order valence-corrected chi connectivity index (χ4v) is 5.78. The van der Waals surface area contributed by atoms with E-state index in [4.69, 9.17) is 9.72 Å². The highest BCUT2D eigenvalue weighted by atomic mass is 32.2. The molecule has 4 aromatic rings. The summed E-state index contributed by atoms with van der Waals surface area (Å²) in [7, 11) is -0.0893. The Hall–Kier alpha value is -2.69. The molecule has 2 aromatic heterocycles. The van der Waals surface area contributed by atoms with Gasteiger partial charge in [0.1, 0.15) is 16.8 Å². The Bertz CT molecular complexity index is 1320. The SMILES string of the molecule is CCN(CC)S(=O)(=O)c1ccc(OC)c(Nc2nc3c(ccc4c3ncn4C)s2)c1. The number of nitrogens with one attached hydrogen (secondary N) is 1. The van der Waals surface area contributed by atoms with Crippen LogP contribution in [-0.2, 0) is 17.1 Å². The molecule has 158 valence electrons. The molecule has 0 fully saturated rings. The Kier molecular flexibility index (Phi) is 5.39. The van der Waals surface area contributed by atoms with Crippen molar-refractivity contribution in [2.75, 3.05) is 25.5 Å². The normalized spacial score (nSPS) is 12.2. The lowest BCUT2D eigenvalue weighted by Gasteiger charge is -2.19.